The molecular formula is C19H34N2O3. The highest BCUT2D eigenvalue weighted by atomic mass is 16.6. The Balaban J connectivity index is 1.47. The number of amides is 1. The van der Waals surface area contributed by atoms with Crippen LogP contribution in [0.2, 0.25) is 0 Å². The van der Waals surface area contributed by atoms with Gasteiger partial charge in [-0.1, -0.05) is 0 Å². The van der Waals surface area contributed by atoms with Crippen molar-refractivity contribution in [1.29, 1.82) is 0 Å². The number of fused-ring (bicyclic) bond motifs is 2. The van der Waals surface area contributed by atoms with Crippen molar-refractivity contribution in [3.63, 3.8) is 0 Å². The molecule has 3 heterocycles. The van der Waals surface area contributed by atoms with Crippen molar-refractivity contribution in [2.75, 3.05) is 19.6 Å². The maximum Gasteiger partial charge on any atom is 0.410 e. The van der Waals surface area contributed by atoms with E-state index in [4.69, 9.17) is 4.74 Å². The second-order valence-corrected chi connectivity index (χ2v) is 8.97. The predicted molar refractivity (Wildman–Crippen MR) is 93.9 cm³/mol. The summed E-state index contributed by atoms with van der Waals surface area (Å²) in [5.74, 6) is 0.730. The molecule has 3 aliphatic heterocycles. The van der Waals surface area contributed by atoms with Gasteiger partial charge in [0.25, 0.3) is 0 Å². The normalized spacial score (nSPS) is 32.2. The summed E-state index contributed by atoms with van der Waals surface area (Å²) in [5.41, 5.74) is -0.411. The van der Waals surface area contributed by atoms with Crippen molar-refractivity contribution in [1.82, 2.24) is 9.80 Å². The minimum atomic E-state index is -0.411. The number of carbonyl (C=O) groups excluding carboxylic acids is 1. The topological polar surface area (TPSA) is 53.0 Å². The summed E-state index contributed by atoms with van der Waals surface area (Å²) in [6.45, 7) is 9.03. The van der Waals surface area contributed by atoms with Crippen LogP contribution in [0.5, 0.6) is 0 Å². The van der Waals surface area contributed by atoms with Gasteiger partial charge >= 0.3 is 6.09 Å². The van der Waals surface area contributed by atoms with Gasteiger partial charge in [0.15, 0.2) is 0 Å². The number of carbonyl (C=O) groups is 1. The Hall–Kier alpha value is -0.810. The summed E-state index contributed by atoms with van der Waals surface area (Å²) in [7, 11) is 0. The first-order valence-corrected chi connectivity index (χ1v) is 9.73. The Kier molecular flexibility index (Phi) is 5.40. The molecule has 2 atom stereocenters. The lowest BCUT2D eigenvalue weighted by Gasteiger charge is -2.40. The molecule has 5 heteroatoms. The fraction of sp³-hybridized carbons (Fsp3) is 0.947. The molecule has 2 bridgehead atoms. The highest BCUT2D eigenvalue weighted by Gasteiger charge is 2.44. The number of rotatable bonds is 3. The van der Waals surface area contributed by atoms with E-state index in [1.54, 1.807) is 0 Å². The first kappa shape index (κ1) is 18.0. The fourth-order valence-electron chi connectivity index (χ4n) is 4.65. The van der Waals surface area contributed by atoms with Crippen LogP contribution in [-0.2, 0) is 4.74 Å². The van der Waals surface area contributed by atoms with Gasteiger partial charge in [-0.15, -0.1) is 0 Å². The van der Waals surface area contributed by atoms with Crippen molar-refractivity contribution in [3.05, 3.63) is 0 Å². The molecule has 0 aliphatic carbocycles. The van der Waals surface area contributed by atoms with Gasteiger partial charge in [-0.05, 0) is 78.2 Å². The van der Waals surface area contributed by atoms with E-state index in [1.807, 2.05) is 25.7 Å². The molecule has 3 fully saturated rings. The van der Waals surface area contributed by atoms with Crippen molar-refractivity contribution in [3.8, 4) is 0 Å². The number of hydrogen-bond acceptors (Lipinski definition) is 4. The van der Waals surface area contributed by atoms with Crippen LogP contribution in [0.15, 0.2) is 0 Å². The molecule has 0 spiro atoms. The second kappa shape index (κ2) is 7.20. The molecular weight excluding hydrogens is 304 g/mol. The van der Waals surface area contributed by atoms with Gasteiger partial charge in [0, 0.05) is 25.2 Å². The standard InChI is InChI=1S/C19H34N2O3/c1-19(2,3)24-18(23)21-15-4-5-16(21)13-14(12-15)6-9-20-10-7-17(22)8-11-20/h14-17,22H,4-13H2,1-3H3. The quantitative estimate of drug-likeness (QED) is 0.859. The first-order valence-electron chi connectivity index (χ1n) is 9.73. The van der Waals surface area contributed by atoms with Crippen LogP contribution in [0.4, 0.5) is 4.79 Å². The second-order valence-electron chi connectivity index (χ2n) is 8.97. The third kappa shape index (κ3) is 4.42. The Morgan fingerprint density at radius 2 is 1.67 bits per heavy atom. The van der Waals surface area contributed by atoms with E-state index in [-0.39, 0.29) is 12.2 Å². The third-order valence-corrected chi connectivity index (χ3v) is 5.85. The summed E-state index contributed by atoms with van der Waals surface area (Å²) in [5, 5.41) is 9.61. The zero-order valence-electron chi connectivity index (χ0n) is 15.5. The summed E-state index contributed by atoms with van der Waals surface area (Å²) in [6, 6.07) is 0.763. The van der Waals surface area contributed by atoms with Gasteiger partial charge in [-0.25, -0.2) is 4.79 Å². The number of ether oxygens (including phenoxy) is 1. The van der Waals surface area contributed by atoms with Crippen LogP contribution in [0.1, 0.15) is 65.7 Å². The van der Waals surface area contributed by atoms with E-state index in [0.717, 1.165) is 64.1 Å². The summed E-state index contributed by atoms with van der Waals surface area (Å²) < 4.78 is 5.61. The monoisotopic (exact) mass is 338 g/mol. The molecule has 0 saturated carbocycles. The SMILES string of the molecule is CC(C)(C)OC(=O)N1C2CCC1CC(CCN1CCC(O)CC1)C2. The third-order valence-electron chi connectivity index (χ3n) is 5.85. The number of hydrogen-bond donors (Lipinski definition) is 1. The van der Waals surface area contributed by atoms with E-state index >= 15 is 0 Å². The lowest BCUT2D eigenvalue weighted by atomic mass is 9.88. The van der Waals surface area contributed by atoms with Crippen LogP contribution >= 0.6 is 0 Å². The average Bonchev–Trinajstić information content (AvgIpc) is 2.76. The van der Waals surface area contributed by atoms with Crippen LogP contribution in [0.25, 0.3) is 0 Å². The van der Waals surface area contributed by atoms with Gasteiger partial charge in [0.1, 0.15) is 5.60 Å². The lowest BCUT2D eigenvalue weighted by molar-refractivity contribution is 0.000689. The number of piperidine rings is 2. The highest BCUT2D eigenvalue weighted by molar-refractivity contribution is 5.69. The molecule has 1 N–H and O–H groups in total. The van der Waals surface area contributed by atoms with E-state index < -0.39 is 5.60 Å². The molecule has 2 unspecified atom stereocenters. The number of aliphatic hydroxyl groups is 1. The van der Waals surface area contributed by atoms with Crippen molar-refractivity contribution >= 4 is 6.09 Å². The van der Waals surface area contributed by atoms with Crippen molar-refractivity contribution < 1.29 is 14.6 Å². The van der Waals surface area contributed by atoms with E-state index in [0.29, 0.717) is 12.1 Å². The maximum absolute atomic E-state index is 12.5. The molecule has 1 amide bonds. The highest BCUT2D eigenvalue weighted by Crippen LogP contribution is 2.40. The lowest BCUT2D eigenvalue weighted by Crippen LogP contribution is -2.49. The first-order chi connectivity index (χ1) is 11.3. The molecule has 0 aromatic carbocycles. The van der Waals surface area contributed by atoms with Crippen LogP contribution in [0, 0.1) is 5.92 Å². The Morgan fingerprint density at radius 3 is 2.21 bits per heavy atom. The minimum absolute atomic E-state index is 0.0887. The Morgan fingerprint density at radius 1 is 1.08 bits per heavy atom. The van der Waals surface area contributed by atoms with Gasteiger partial charge in [-0.2, -0.15) is 0 Å². The van der Waals surface area contributed by atoms with Gasteiger partial charge < -0.3 is 19.6 Å². The van der Waals surface area contributed by atoms with E-state index in [2.05, 4.69) is 4.90 Å². The van der Waals surface area contributed by atoms with Crippen LogP contribution in [-0.4, -0.2) is 64.4 Å². The molecule has 3 rings (SSSR count). The van der Waals surface area contributed by atoms with Crippen molar-refractivity contribution in [2.45, 2.75) is 89.5 Å². The predicted octanol–water partition coefficient (Wildman–Crippen LogP) is 3.01. The smallest absolute Gasteiger partial charge is 0.410 e. The zero-order valence-corrected chi connectivity index (χ0v) is 15.5. The number of nitrogens with zero attached hydrogens (tertiary/aromatic N) is 2. The molecule has 24 heavy (non-hydrogen) atoms. The Bertz CT molecular complexity index is 426. The summed E-state index contributed by atoms with van der Waals surface area (Å²) >= 11 is 0. The fourth-order valence-corrected chi connectivity index (χ4v) is 4.65. The summed E-state index contributed by atoms with van der Waals surface area (Å²) in [4.78, 5) is 17.0. The molecule has 5 nitrogen and oxygen atoms in total. The molecule has 0 aromatic heterocycles. The molecule has 0 aromatic rings. The van der Waals surface area contributed by atoms with Crippen LogP contribution in [0.3, 0.4) is 0 Å². The largest absolute Gasteiger partial charge is 0.444 e. The summed E-state index contributed by atoms with van der Waals surface area (Å²) in [6.07, 6.45) is 7.40. The number of aliphatic hydroxyl groups excluding tert-OH is 1. The molecule has 3 aliphatic rings. The minimum Gasteiger partial charge on any atom is -0.444 e. The van der Waals surface area contributed by atoms with Crippen molar-refractivity contribution in [2.24, 2.45) is 5.92 Å². The van der Waals surface area contributed by atoms with Gasteiger partial charge in [0.2, 0.25) is 0 Å². The Labute approximate surface area is 146 Å². The molecule has 3 saturated heterocycles. The zero-order chi connectivity index (χ0) is 17.3. The number of likely N-dealkylation sites (tertiary alicyclic amines) is 1. The van der Waals surface area contributed by atoms with E-state index in [9.17, 15) is 9.90 Å². The average molecular weight is 338 g/mol. The molecule has 138 valence electrons. The van der Waals surface area contributed by atoms with Crippen LogP contribution < -0.4 is 0 Å². The molecule has 0 radical (unpaired) electrons. The van der Waals surface area contributed by atoms with Gasteiger partial charge in [0.05, 0.1) is 6.10 Å². The van der Waals surface area contributed by atoms with E-state index in [1.165, 1.54) is 6.42 Å². The maximum atomic E-state index is 12.5. The van der Waals surface area contributed by atoms with Gasteiger partial charge in [-0.3, -0.25) is 0 Å².